The molecule has 0 saturated heterocycles. The largest absolute Gasteiger partial charge is 0.507 e. The van der Waals surface area contributed by atoms with E-state index in [2.05, 4.69) is 10.5 Å². The highest BCUT2D eigenvalue weighted by Gasteiger charge is 2.24. The quantitative estimate of drug-likeness (QED) is 0.319. The number of ether oxygens (including phenoxy) is 1. The van der Waals surface area contributed by atoms with E-state index >= 15 is 0 Å². The number of allylic oxidation sites excluding steroid dienone is 3. The molecular formula is C26H27ClN2O6. The SMILES string of the molecule is O=C(CO/N=C1/C=C/CC/C=C/CCOC(=O)c2c(O)cc(O)c(Cl)c2C1)NCc1ccccc1. The Balaban J connectivity index is 1.79. The summed E-state index contributed by atoms with van der Waals surface area (Å²) in [7, 11) is 0. The number of amides is 1. The van der Waals surface area contributed by atoms with Crippen LogP contribution in [0.3, 0.4) is 0 Å². The van der Waals surface area contributed by atoms with Crippen molar-refractivity contribution >= 4 is 29.2 Å². The van der Waals surface area contributed by atoms with Gasteiger partial charge < -0.3 is 25.1 Å². The van der Waals surface area contributed by atoms with Crippen LogP contribution in [-0.2, 0) is 27.3 Å². The molecule has 0 bridgehead atoms. The summed E-state index contributed by atoms with van der Waals surface area (Å²) in [6, 6.07) is 10.4. The monoisotopic (exact) mass is 498 g/mol. The van der Waals surface area contributed by atoms with Crippen LogP contribution < -0.4 is 5.32 Å². The van der Waals surface area contributed by atoms with E-state index in [1.165, 1.54) is 0 Å². The lowest BCUT2D eigenvalue weighted by Gasteiger charge is -2.14. The van der Waals surface area contributed by atoms with Crippen LogP contribution in [0.4, 0.5) is 0 Å². The van der Waals surface area contributed by atoms with Crippen molar-refractivity contribution in [2.24, 2.45) is 5.16 Å². The molecule has 3 rings (SSSR count). The molecule has 8 nitrogen and oxygen atoms in total. The Morgan fingerprint density at radius 3 is 2.63 bits per heavy atom. The normalized spacial score (nSPS) is 17.5. The van der Waals surface area contributed by atoms with Gasteiger partial charge in [-0.1, -0.05) is 65.3 Å². The van der Waals surface area contributed by atoms with E-state index in [4.69, 9.17) is 21.2 Å². The van der Waals surface area contributed by atoms with Gasteiger partial charge in [0.1, 0.15) is 17.1 Å². The number of benzene rings is 2. The first kappa shape index (κ1) is 25.8. The van der Waals surface area contributed by atoms with Gasteiger partial charge >= 0.3 is 5.97 Å². The molecule has 2 aromatic carbocycles. The average molecular weight is 499 g/mol. The molecule has 0 aromatic heterocycles. The van der Waals surface area contributed by atoms with E-state index < -0.39 is 11.7 Å². The molecule has 3 N–H and O–H groups in total. The summed E-state index contributed by atoms with van der Waals surface area (Å²) in [5.41, 5.74) is 1.27. The summed E-state index contributed by atoms with van der Waals surface area (Å²) in [6.07, 6.45) is 9.43. The minimum absolute atomic E-state index is 0.0524. The standard InChI is InChI=1S/C26H27ClN2O6/c27-25-20-14-19(29-35-17-23(32)28-16-18-10-6-5-7-11-18)12-8-3-1-2-4-9-13-34-26(33)24(20)21(30)15-22(25)31/h2,4-8,10-12,15,30-31H,1,3,9,13-14,16-17H2,(H,28,32)/b4-2+,12-8+,29-19-. The third-order valence-electron chi connectivity index (χ3n) is 5.09. The van der Waals surface area contributed by atoms with Crippen molar-refractivity contribution < 1.29 is 29.4 Å². The molecule has 1 heterocycles. The van der Waals surface area contributed by atoms with Gasteiger partial charge in [-0.3, -0.25) is 4.79 Å². The molecule has 1 aliphatic heterocycles. The van der Waals surface area contributed by atoms with Crippen LogP contribution in [0, 0.1) is 0 Å². The maximum Gasteiger partial charge on any atom is 0.342 e. The maximum absolute atomic E-state index is 12.7. The van der Waals surface area contributed by atoms with Gasteiger partial charge in [-0.05, 0) is 36.5 Å². The van der Waals surface area contributed by atoms with Gasteiger partial charge in [0.25, 0.3) is 5.91 Å². The Labute approximate surface area is 208 Å². The van der Waals surface area contributed by atoms with Gasteiger partial charge in [0.05, 0.1) is 17.3 Å². The number of aromatic hydroxyl groups is 2. The predicted octanol–water partition coefficient (Wildman–Crippen LogP) is 4.44. The maximum atomic E-state index is 12.7. The number of fused-ring (bicyclic) bond motifs is 1. The Morgan fingerprint density at radius 2 is 1.83 bits per heavy atom. The fourth-order valence-electron chi connectivity index (χ4n) is 3.34. The summed E-state index contributed by atoms with van der Waals surface area (Å²) in [5.74, 6) is -1.97. The lowest BCUT2D eigenvalue weighted by atomic mass is 9.99. The van der Waals surface area contributed by atoms with E-state index in [1.807, 2.05) is 48.6 Å². The molecule has 184 valence electrons. The molecule has 0 atom stereocenters. The minimum Gasteiger partial charge on any atom is -0.507 e. The molecule has 0 spiro atoms. The number of hydrogen-bond donors (Lipinski definition) is 3. The second-order valence-corrected chi connectivity index (χ2v) is 8.13. The Hall–Kier alpha value is -3.78. The number of phenolic OH excluding ortho intramolecular Hbond substituents is 2. The smallest absolute Gasteiger partial charge is 0.342 e. The van der Waals surface area contributed by atoms with E-state index in [0.29, 0.717) is 18.7 Å². The van der Waals surface area contributed by atoms with Crippen LogP contribution in [0.15, 0.2) is 65.9 Å². The van der Waals surface area contributed by atoms with Crippen molar-refractivity contribution in [3.63, 3.8) is 0 Å². The van der Waals surface area contributed by atoms with Crippen LogP contribution in [0.1, 0.15) is 40.7 Å². The second kappa shape index (κ2) is 13.2. The number of rotatable bonds is 5. The van der Waals surface area contributed by atoms with Gasteiger partial charge in [-0.25, -0.2) is 4.79 Å². The van der Waals surface area contributed by atoms with E-state index in [1.54, 1.807) is 6.08 Å². The first-order valence-electron chi connectivity index (χ1n) is 11.2. The van der Waals surface area contributed by atoms with Crippen LogP contribution in [0.25, 0.3) is 0 Å². The van der Waals surface area contributed by atoms with E-state index in [0.717, 1.165) is 24.5 Å². The molecule has 0 unspecified atom stereocenters. The van der Waals surface area contributed by atoms with Crippen LogP contribution in [-0.4, -0.2) is 41.0 Å². The number of esters is 1. The third kappa shape index (κ3) is 7.89. The average Bonchev–Trinajstić information content (AvgIpc) is 2.84. The lowest BCUT2D eigenvalue weighted by molar-refractivity contribution is -0.125. The van der Waals surface area contributed by atoms with Crippen molar-refractivity contribution in [1.82, 2.24) is 5.32 Å². The zero-order valence-corrected chi connectivity index (χ0v) is 19.8. The predicted molar refractivity (Wildman–Crippen MR) is 133 cm³/mol. The second-order valence-electron chi connectivity index (χ2n) is 7.75. The first-order chi connectivity index (χ1) is 17.0. The summed E-state index contributed by atoms with van der Waals surface area (Å²) in [6.45, 7) is 0.169. The summed E-state index contributed by atoms with van der Waals surface area (Å²) < 4.78 is 5.27. The number of halogens is 1. The lowest BCUT2D eigenvalue weighted by Crippen LogP contribution is -2.26. The summed E-state index contributed by atoms with van der Waals surface area (Å²) >= 11 is 6.28. The molecule has 35 heavy (non-hydrogen) atoms. The van der Waals surface area contributed by atoms with Crippen molar-refractivity contribution in [3.05, 3.63) is 82.4 Å². The fourth-order valence-corrected chi connectivity index (χ4v) is 3.56. The summed E-state index contributed by atoms with van der Waals surface area (Å²) in [5, 5.41) is 27.1. The zero-order chi connectivity index (χ0) is 25.0. The highest BCUT2D eigenvalue weighted by molar-refractivity contribution is 6.33. The minimum atomic E-state index is -0.769. The fraction of sp³-hybridized carbons (Fsp3) is 0.269. The van der Waals surface area contributed by atoms with Crippen molar-refractivity contribution in [3.8, 4) is 11.5 Å². The molecule has 0 radical (unpaired) electrons. The highest BCUT2D eigenvalue weighted by Crippen LogP contribution is 2.37. The third-order valence-corrected chi connectivity index (χ3v) is 5.51. The van der Waals surface area contributed by atoms with Gasteiger partial charge in [0, 0.05) is 19.0 Å². The Morgan fingerprint density at radius 1 is 1.09 bits per heavy atom. The molecule has 1 aliphatic rings. The molecule has 0 fully saturated rings. The van der Waals surface area contributed by atoms with Crippen molar-refractivity contribution in [1.29, 1.82) is 0 Å². The van der Waals surface area contributed by atoms with Gasteiger partial charge in [0.2, 0.25) is 0 Å². The number of nitrogens with zero attached hydrogens (tertiary/aromatic N) is 1. The van der Waals surface area contributed by atoms with E-state index in [9.17, 15) is 19.8 Å². The molecular weight excluding hydrogens is 472 g/mol. The van der Waals surface area contributed by atoms with Crippen LogP contribution in [0.5, 0.6) is 11.5 Å². The van der Waals surface area contributed by atoms with Crippen molar-refractivity contribution in [2.45, 2.75) is 32.2 Å². The number of nitrogens with one attached hydrogen (secondary N) is 1. The number of carbonyl (C=O) groups is 2. The Kier molecular flexibility index (Phi) is 9.74. The first-order valence-corrected chi connectivity index (χ1v) is 11.5. The van der Waals surface area contributed by atoms with Gasteiger partial charge in [0.15, 0.2) is 6.61 Å². The number of oxime groups is 1. The summed E-state index contributed by atoms with van der Waals surface area (Å²) in [4.78, 5) is 30.1. The molecule has 0 saturated carbocycles. The van der Waals surface area contributed by atoms with E-state index in [-0.39, 0.29) is 47.4 Å². The Bertz CT molecular complexity index is 1130. The molecule has 9 heteroatoms. The van der Waals surface area contributed by atoms with Gasteiger partial charge in [-0.15, -0.1) is 0 Å². The number of cyclic esters (lactones) is 1. The zero-order valence-electron chi connectivity index (χ0n) is 19.1. The number of phenols is 2. The van der Waals surface area contributed by atoms with Crippen LogP contribution in [0.2, 0.25) is 5.02 Å². The topological polar surface area (TPSA) is 117 Å². The van der Waals surface area contributed by atoms with Crippen molar-refractivity contribution in [2.75, 3.05) is 13.2 Å². The van der Waals surface area contributed by atoms with Crippen LogP contribution >= 0.6 is 11.6 Å². The molecule has 2 aromatic rings. The van der Waals surface area contributed by atoms with Gasteiger partial charge in [-0.2, -0.15) is 0 Å². The molecule has 1 amide bonds. The number of carbonyl (C=O) groups excluding carboxylic acids is 2. The molecule has 0 aliphatic carbocycles. The highest BCUT2D eigenvalue weighted by atomic mass is 35.5. The number of hydrogen-bond acceptors (Lipinski definition) is 7.